The van der Waals surface area contributed by atoms with Crippen LogP contribution in [0.4, 0.5) is 4.79 Å². The number of carbonyl (C=O) groups is 1. The third-order valence-electron chi connectivity index (χ3n) is 3.88. The Morgan fingerprint density at radius 3 is 2.74 bits per heavy atom. The van der Waals surface area contributed by atoms with E-state index in [9.17, 15) is 4.79 Å². The highest BCUT2D eigenvalue weighted by atomic mass is 16.3. The quantitative estimate of drug-likeness (QED) is 0.829. The molecule has 0 saturated carbocycles. The molecular formula is C15H18N2O2. The van der Waals surface area contributed by atoms with Gasteiger partial charge in [-0.1, -0.05) is 18.2 Å². The third-order valence-corrected chi connectivity index (χ3v) is 3.88. The lowest BCUT2D eigenvalue weighted by Gasteiger charge is -2.19. The average molecular weight is 258 g/mol. The predicted octanol–water partition coefficient (Wildman–Crippen LogP) is 3.25. The molecule has 0 aliphatic carbocycles. The molecule has 0 bridgehead atoms. The lowest BCUT2D eigenvalue weighted by Crippen LogP contribution is -2.34. The summed E-state index contributed by atoms with van der Waals surface area (Å²) in [5.41, 5.74) is 1.97. The van der Waals surface area contributed by atoms with Gasteiger partial charge in [-0.05, 0) is 19.9 Å². The largest absolute Gasteiger partial charge is 0.464 e. The van der Waals surface area contributed by atoms with Crippen molar-refractivity contribution < 1.29 is 9.21 Å². The van der Waals surface area contributed by atoms with Gasteiger partial charge >= 0.3 is 6.03 Å². The van der Waals surface area contributed by atoms with Gasteiger partial charge in [0.25, 0.3) is 0 Å². The van der Waals surface area contributed by atoms with E-state index in [4.69, 9.17) is 4.42 Å². The molecule has 2 aromatic rings. The first-order valence-electron chi connectivity index (χ1n) is 6.59. The normalized spacial score (nSPS) is 20.0. The fraction of sp³-hybridized carbons (Fsp3) is 0.400. The third kappa shape index (κ3) is 1.79. The SMILES string of the molecule is CC(C)N1CC(c2coc3ccccc23)N(C)C1=O. The highest BCUT2D eigenvalue weighted by molar-refractivity contribution is 5.84. The van der Waals surface area contributed by atoms with E-state index in [2.05, 4.69) is 0 Å². The zero-order valence-electron chi connectivity index (χ0n) is 11.5. The van der Waals surface area contributed by atoms with Gasteiger partial charge in [-0.2, -0.15) is 0 Å². The molecule has 1 aromatic carbocycles. The maximum absolute atomic E-state index is 12.2. The zero-order chi connectivity index (χ0) is 13.6. The van der Waals surface area contributed by atoms with Gasteiger partial charge < -0.3 is 14.2 Å². The molecule has 1 aliphatic rings. The van der Waals surface area contributed by atoms with Gasteiger partial charge in [0.05, 0.1) is 12.3 Å². The van der Waals surface area contributed by atoms with E-state index in [0.29, 0.717) is 0 Å². The summed E-state index contributed by atoms with van der Waals surface area (Å²) in [5, 5.41) is 1.10. The van der Waals surface area contributed by atoms with E-state index < -0.39 is 0 Å². The molecule has 0 spiro atoms. The number of furan rings is 1. The number of urea groups is 1. The van der Waals surface area contributed by atoms with Gasteiger partial charge in [0, 0.05) is 30.6 Å². The highest BCUT2D eigenvalue weighted by Gasteiger charge is 2.38. The summed E-state index contributed by atoms with van der Waals surface area (Å²) < 4.78 is 5.58. The Morgan fingerprint density at radius 2 is 2.05 bits per heavy atom. The van der Waals surface area contributed by atoms with Crippen LogP contribution in [0, 0.1) is 0 Å². The van der Waals surface area contributed by atoms with Crippen molar-refractivity contribution in [3.63, 3.8) is 0 Å². The Labute approximate surface area is 112 Å². The molecule has 1 unspecified atom stereocenters. The first-order valence-corrected chi connectivity index (χ1v) is 6.59. The molecule has 1 aromatic heterocycles. The molecule has 0 radical (unpaired) electrons. The molecule has 1 aliphatic heterocycles. The summed E-state index contributed by atoms with van der Waals surface area (Å²) in [6.45, 7) is 4.81. The molecule has 19 heavy (non-hydrogen) atoms. The van der Waals surface area contributed by atoms with E-state index in [-0.39, 0.29) is 18.1 Å². The Bertz CT molecular complexity index is 617. The topological polar surface area (TPSA) is 36.7 Å². The standard InChI is InChI=1S/C15H18N2O2/c1-10(2)17-8-13(16(3)15(17)18)12-9-19-14-7-5-4-6-11(12)14/h4-7,9-10,13H,8H2,1-3H3. The number of benzene rings is 1. The average Bonchev–Trinajstić information content (AvgIpc) is 2.93. The van der Waals surface area contributed by atoms with Crippen molar-refractivity contribution in [1.82, 2.24) is 9.80 Å². The van der Waals surface area contributed by atoms with Crippen LogP contribution in [0.15, 0.2) is 34.9 Å². The number of para-hydroxylation sites is 1. The van der Waals surface area contributed by atoms with E-state index >= 15 is 0 Å². The number of hydrogen-bond acceptors (Lipinski definition) is 2. The van der Waals surface area contributed by atoms with Gasteiger partial charge in [0.2, 0.25) is 0 Å². The fourth-order valence-electron chi connectivity index (χ4n) is 2.72. The summed E-state index contributed by atoms with van der Waals surface area (Å²) in [4.78, 5) is 15.9. The molecule has 100 valence electrons. The Kier molecular flexibility index (Phi) is 2.73. The molecule has 0 N–H and O–H groups in total. The van der Waals surface area contributed by atoms with E-state index in [0.717, 1.165) is 23.1 Å². The summed E-state index contributed by atoms with van der Waals surface area (Å²) in [7, 11) is 1.86. The zero-order valence-corrected chi connectivity index (χ0v) is 11.5. The fourth-order valence-corrected chi connectivity index (χ4v) is 2.72. The van der Waals surface area contributed by atoms with Crippen molar-refractivity contribution in [2.24, 2.45) is 0 Å². The van der Waals surface area contributed by atoms with Crippen molar-refractivity contribution >= 4 is 17.0 Å². The van der Waals surface area contributed by atoms with Crippen LogP contribution in [0.2, 0.25) is 0 Å². The van der Waals surface area contributed by atoms with Crippen LogP contribution in [0.1, 0.15) is 25.5 Å². The second-order valence-corrected chi connectivity index (χ2v) is 5.34. The number of hydrogen-bond donors (Lipinski definition) is 0. The molecule has 1 saturated heterocycles. The highest BCUT2D eigenvalue weighted by Crippen LogP contribution is 2.34. The van der Waals surface area contributed by atoms with Crippen LogP contribution in [0.5, 0.6) is 0 Å². The minimum absolute atomic E-state index is 0.0681. The van der Waals surface area contributed by atoms with Gasteiger partial charge in [-0.15, -0.1) is 0 Å². The number of rotatable bonds is 2. The molecule has 2 amide bonds. The molecule has 1 atom stereocenters. The van der Waals surface area contributed by atoms with Crippen molar-refractivity contribution in [3.05, 3.63) is 36.1 Å². The van der Waals surface area contributed by atoms with Crippen molar-refractivity contribution in [2.75, 3.05) is 13.6 Å². The molecule has 4 nitrogen and oxygen atoms in total. The summed E-state index contributed by atoms with van der Waals surface area (Å²) in [6.07, 6.45) is 1.78. The Hall–Kier alpha value is -1.97. The first-order chi connectivity index (χ1) is 9.09. The van der Waals surface area contributed by atoms with Crippen molar-refractivity contribution in [3.8, 4) is 0 Å². The van der Waals surface area contributed by atoms with Gasteiger partial charge in [-0.25, -0.2) is 4.79 Å². The van der Waals surface area contributed by atoms with Gasteiger partial charge in [0.1, 0.15) is 5.58 Å². The lowest BCUT2D eigenvalue weighted by molar-refractivity contribution is 0.187. The van der Waals surface area contributed by atoms with Crippen LogP contribution < -0.4 is 0 Å². The molecule has 3 rings (SSSR count). The summed E-state index contributed by atoms with van der Waals surface area (Å²) in [6, 6.07) is 8.33. The van der Waals surface area contributed by atoms with Crippen LogP contribution in [0.25, 0.3) is 11.0 Å². The maximum atomic E-state index is 12.2. The lowest BCUT2D eigenvalue weighted by atomic mass is 10.1. The van der Waals surface area contributed by atoms with Crippen LogP contribution in [-0.2, 0) is 0 Å². The van der Waals surface area contributed by atoms with E-state index in [1.54, 1.807) is 11.2 Å². The van der Waals surface area contributed by atoms with E-state index in [1.807, 2.05) is 50.1 Å². The molecular weight excluding hydrogens is 240 g/mol. The van der Waals surface area contributed by atoms with Gasteiger partial charge in [0.15, 0.2) is 0 Å². The summed E-state index contributed by atoms with van der Waals surface area (Å²) in [5.74, 6) is 0. The molecule has 4 heteroatoms. The van der Waals surface area contributed by atoms with Crippen LogP contribution in [0.3, 0.4) is 0 Å². The minimum atomic E-state index is 0.0681. The number of fused-ring (bicyclic) bond motifs is 1. The smallest absolute Gasteiger partial charge is 0.320 e. The van der Waals surface area contributed by atoms with E-state index in [1.165, 1.54) is 0 Å². The second-order valence-electron chi connectivity index (χ2n) is 5.34. The maximum Gasteiger partial charge on any atom is 0.320 e. The monoisotopic (exact) mass is 258 g/mol. The number of likely N-dealkylation sites (N-methyl/N-ethyl adjacent to an activating group) is 1. The van der Waals surface area contributed by atoms with Gasteiger partial charge in [-0.3, -0.25) is 0 Å². The predicted molar refractivity (Wildman–Crippen MR) is 74.0 cm³/mol. The number of amides is 2. The summed E-state index contributed by atoms with van der Waals surface area (Å²) >= 11 is 0. The second kappa shape index (κ2) is 4.30. The number of carbonyl (C=O) groups excluding carboxylic acids is 1. The van der Waals surface area contributed by atoms with Crippen molar-refractivity contribution in [2.45, 2.75) is 25.9 Å². The van der Waals surface area contributed by atoms with Crippen molar-refractivity contribution in [1.29, 1.82) is 0 Å². The Morgan fingerprint density at radius 1 is 1.32 bits per heavy atom. The molecule has 1 fully saturated rings. The first kappa shape index (κ1) is 12.1. The number of nitrogens with zero attached hydrogens (tertiary/aromatic N) is 2. The van der Waals surface area contributed by atoms with Crippen LogP contribution >= 0.6 is 0 Å². The Balaban J connectivity index is 2.01. The van der Waals surface area contributed by atoms with Crippen LogP contribution in [-0.4, -0.2) is 35.5 Å². The minimum Gasteiger partial charge on any atom is -0.464 e. The molecule has 2 heterocycles.